The first-order valence-electron chi connectivity index (χ1n) is 8.77. The van der Waals surface area contributed by atoms with Crippen molar-refractivity contribution in [1.29, 1.82) is 0 Å². The number of likely N-dealkylation sites (tertiary alicyclic amines) is 1. The lowest BCUT2D eigenvalue weighted by atomic mass is 10.1. The molecule has 0 aliphatic carbocycles. The minimum atomic E-state index is -0.382. The van der Waals surface area contributed by atoms with Crippen LogP contribution in [-0.4, -0.2) is 30.1 Å². The third kappa shape index (κ3) is 3.86. The summed E-state index contributed by atoms with van der Waals surface area (Å²) < 4.78 is 23.6. The van der Waals surface area contributed by atoms with Crippen LogP contribution < -0.4 is 14.8 Å². The Kier molecular flexibility index (Phi) is 4.66. The predicted octanol–water partition coefficient (Wildman–Crippen LogP) is 2.22. The van der Waals surface area contributed by atoms with Gasteiger partial charge in [0, 0.05) is 26.1 Å². The molecule has 0 spiro atoms. The van der Waals surface area contributed by atoms with Crippen LogP contribution in [0, 0.1) is 11.7 Å². The molecule has 2 aliphatic heterocycles. The predicted molar refractivity (Wildman–Crippen MR) is 94.3 cm³/mol. The average molecular weight is 370 g/mol. The molecule has 0 saturated carbocycles. The molecule has 1 saturated heterocycles. The molecule has 7 heteroatoms. The molecule has 1 fully saturated rings. The van der Waals surface area contributed by atoms with Crippen LogP contribution in [0.4, 0.5) is 4.39 Å². The van der Waals surface area contributed by atoms with Crippen LogP contribution in [0.25, 0.3) is 0 Å². The molecule has 2 heterocycles. The lowest BCUT2D eigenvalue weighted by Crippen LogP contribution is -2.32. The number of hydrogen-bond acceptors (Lipinski definition) is 4. The number of nitrogens with zero attached hydrogens (tertiary/aromatic N) is 1. The Hall–Kier alpha value is -3.09. The average Bonchev–Trinajstić information content (AvgIpc) is 3.28. The first kappa shape index (κ1) is 17.3. The summed E-state index contributed by atoms with van der Waals surface area (Å²) in [6, 6.07) is 11.5. The lowest BCUT2D eigenvalue weighted by Gasteiger charge is -2.16. The fourth-order valence-corrected chi connectivity index (χ4v) is 3.30. The summed E-state index contributed by atoms with van der Waals surface area (Å²) in [5.74, 6) is 0.454. The molecule has 2 aromatic carbocycles. The first-order valence-corrected chi connectivity index (χ1v) is 8.77. The Morgan fingerprint density at radius 3 is 2.67 bits per heavy atom. The van der Waals surface area contributed by atoms with E-state index in [0.717, 1.165) is 11.1 Å². The molecule has 140 valence electrons. The van der Waals surface area contributed by atoms with Gasteiger partial charge in [0.1, 0.15) is 5.82 Å². The molecule has 0 unspecified atom stereocenters. The molecule has 2 aromatic rings. The highest BCUT2D eigenvalue weighted by molar-refractivity contribution is 5.89. The standard InChI is InChI=1S/C20H19FN2O4/c21-16-4-1-13(2-5-16)10-23-11-15(8-19(23)24)20(25)22-9-14-3-6-17-18(7-14)27-12-26-17/h1-7,15H,8-12H2,(H,22,25)/t15-/m0/s1. The van der Waals surface area contributed by atoms with Gasteiger partial charge in [-0.1, -0.05) is 18.2 Å². The lowest BCUT2D eigenvalue weighted by molar-refractivity contribution is -0.129. The summed E-state index contributed by atoms with van der Waals surface area (Å²) in [6.07, 6.45) is 0.189. The van der Waals surface area contributed by atoms with E-state index >= 15 is 0 Å². The second-order valence-corrected chi connectivity index (χ2v) is 6.71. The zero-order chi connectivity index (χ0) is 18.8. The molecule has 1 atom stereocenters. The van der Waals surface area contributed by atoms with Crippen LogP contribution >= 0.6 is 0 Å². The van der Waals surface area contributed by atoms with Crippen LogP contribution in [0.3, 0.4) is 0 Å². The van der Waals surface area contributed by atoms with E-state index in [1.807, 2.05) is 18.2 Å². The van der Waals surface area contributed by atoms with Gasteiger partial charge >= 0.3 is 0 Å². The van der Waals surface area contributed by atoms with E-state index < -0.39 is 0 Å². The zero-order valence-electron chi connectivity index (χ0n) is 14.6. The van der Waals surface area contributed by atoms with Gasteiger partial charge in [0.05, 0.1) is 5.92 Å². The maximum absolute atomic E-state index is 13.0. The highest BCUT2D eigenvalue weighted by Crippen LogP contribution is 2.32. The van der Waals surface area contributed by atoms with Gasteiger partial charge in [0.2, 0.25) is 18.6 Å². The molecule has 2 aliphatic rings. The third-order valence-corrected chi connectivity index (χ3v) is 4.78. The van der Waals surface area contributed by atoms with Gasteiger partial charge in [-0.05, 0) is 35.4 Å². The number of rotatable bonds is 5. The number of benzene rings is 2. The van der Waals surface area contributed by atoms with Crippen molar-refractivity contribution in [2.45, 2.75) is 19.5 Å². The maximum Gasteiger partial charge on any atom is 0.231 e. The quantitative estimate of drug-likeness (QED) is 0.876. The molecule has 2 amide bonds. The fourth-order valence-electron chi connectivity index (χ4n) is 3.30. The van der Waals surface area contributed by atoms with E-state index in [0.29, 0.717) is 31.1 Å². The van der Waals surface area contributed by atoms with E-state index in [9.17, 15) is 14.0 Å². The van der Waals surface area contributed by atoms with Crippen molar-refractivity contribution < 1.29 is 23.5 Å². The number of hydrogen-bond donors (Lipinski definition) is 1. The Morgan fingerprint density at radius 2 is 1.85 bits per heavy atom. The normalized spacial score (nSPS) is 18.0. The molecule has 0 aromatic heterocycles. The van der Waals surface area contributed by atoms with Crippen molar-refractivity contribution in [2.24, 2.45) is 5.92 Å². The van der Waals surface area contributed by atoms with Crippen molar-refractivity contribution >= 4 is 11.8 Å². The van der Waals surface area contributed by atoms with E-state index in [2.05, 4.69) is 5.32 Å². The first-order chi connectivity index (χ1) is 13.1. The highest BCUT2D eigenvalue weighted by atomic mass is 19.1. The summed E-state index contributed by atoms with van der Waals surface area (Å²) in [6.45, 7) is 1.31. The monoisotopic (exact) mass is 370 g/mol. The molecule has 4 rings (SSSR count). The van der Waals surface area contributed by atoms with Crippen molar-refractivity contribution in [3.63, 3.8) is 0 Å². The van der Waals surface area contributed by atoms with Crippen LogP contribution in [0.2, 0.25) is 0 Å². The third-order valence-electron chi connectivity index (χ3n) is 4.78. The van der Waals surface area contributed by atoms with Crippen LogP contribution in [-0.2, 0) is 22.7 Å². The fraction of sp³-hybridized carbons (Fsp3) is 0.300. The van der Waals surface area contributed by atoms with Crippen LogP contribution in [0.1, 0.15) is 17.5 Å². The van der Waals surface area contributed by atoms with Crippen molar-refractivity contribution in [2.75, 3.05) is 13.3 Å². The van der Waals surface area contributed by atoms with Crippen molar-refractivity contribution in [3.8, 4) is 11.5 Å². The van der Waals surface area contributed by atoms with Gasteiger partial charge in [-0.3, -0.25) is 9.59 Å². The Labute approximate surface area is 155 Å². The van der Waals surface area contributed by atoms with Crippen LogP contribution in [0.5, 0.6) is 11.5 Å². The number of ether oxygens (including phenoxy) is 2. The largest absolute Gasteiger partial charge is 0.454 e. The highest BCUT2D eigenvalue weighted by Gasteiger charge is 2.34. The number of amides is 2. The summed E-state index contributed by atoms with van der Waals surface area (Å²) in [5, 5.41) is 2.88. The van der Waals surface area contributed by atoms with E-state index in [-0.39, 0.29) is 36.8 Å². The smallest absolute Gasteiger partial charge is 0.231 e. The summed E-state index contributed by atoms with van der Waals surface area (Å²) in [5.41, 5.74) is 1.74. The molecule has 1 N–H and O–H groups in total. The van der Waals surface area contributed by atoms with Gasteiger partial charge in [-0.25, -0.2) is 4.39 Å². The Balaban J connectivity index is 1.31. The Morgan fingerprint density at radius 1 is 1.11 bits per heavy atom. The maximum atomic E-state index is 13.0. The van der Waals surface area contributed by atoms with E-state index in [1.165, 1.54) is 12.1 Å². The summed E-state index contributed by atoms with van der Waals surface area (Å²) >= 11 is 0. The number of halogens is 1. The number of carbonyl (C=O) groups is 2. The van der Waals surface area contributed by atoms with E-state index in [4.69, 9.17) is 9.47 Å². The SMILES string of the molecule is O=C(NCc1ccc2c(c1)OCO2)[C@H]1CC(=O)N(Cc2ccc(F)cc2)C1. The molecule has 0 bridgehead atoms. The molecule has 0 radical (unpaired) electrons. The zero-order valence-corrected chi connectivity index (χ0v) is 14.6. The summed E-state index contributed by atoms with van der Waals surface area (Å²) in [7, 11) is 0. The molecular formula is C20H19FN2O4. The second kappa shape index (κ2) is 7.26. The molecular weight excluding hydrogens is 351 g/mol. The number of carbonyl (C=O) groups excluding carboxylic acids is 2. The number of nitrogens with one attached hydrogen (secondary N) is 1. The van der Waals surface area contributed by atoms with Gasteiger partial charge in [-0.2, -0.15) is 0 Å². The van der Waals surface area contributed by atoms with Crippen molar-refractivity contribution in [3.05, 3.63) is 59.4 Å². The summed E-state index contributed by atoms with van der Waals surface area (Å²) in [4.78, 5) is 26.3. The molecule has 6 nitrogen and oxygen atoms in total. The van der Waals surface area contributed by atoms with Gasteiger partial charge in [-0.15, -0.1) is 0 Å². The minimum Gasteiger partial charge on any atom is -0.454 e. The van der Waals surface area contributed by atoms with E-state index in [1.54, 1.807) is 17.0 Å². The molecule has 27 heavy (non-hydrogen) atoms. The Bertz CT molecular complexity index is 869. The van der Waals surface area contributed by atoms with Crippen molar-refractivity contribution in [1.82, 2.24) is 10.2 Å². The van der Waals surface area contributed by atoms with Gasteiger partial charge in [0.25, 0.3) is 0 Å². The van der Waals surface area contributed by atoms with Gasteiger partial charge in [0.15, 0.2) is 11.5 Å². The van der Waals surface area contributed by atoms with Gasteiger partial charge < -0.3 is 19.7 Å². The minimum absolute atomic E-state index is 0.0671. The van der Waals surface area contributed by atoms with Crippen LogP contribution in [0.15, 0.2) is 42.5 Å². The topological polar surface area (TPSA) is 67.9 Å². The number of fused-ring (bicyclic) bond motifs is 1. The second-order valence-electron chi connectivity index (χ2n) is 6.71.